The Bertz CT molecular complexity index is 233. The molecule has 0 saturated carbocycles. The normalized spacial score (nSPS) is 8.75. The lowest BCUT2D eigenvalue weighted by Crippen LogP contribution is -1.96. The lowest BCUT2D eigenvalue weighted by Gasteiger charge is -1.98. The molecule has 0 aromatic heterocycles. The van der Waals surface area contributed by atoms with Crippen molar-refractivity contribution >= 4 is 0 Å². The Morgan fingerprint density at radius 1 is 1.33 bits per heavy atom. The van der Waals surface area contributed by atoms with E-state index in [2.05, 4.69) is 0 Å². The van der Waals surface area contributed by atoms with Gasteiger partial charge in [-0.3, -0.25) is 0 Å². The van der Waals surface area contributed by atoms with E-state index in [1.807, 2.05) is 19.9 Å². The lowest BCUT2D eigenvalue weighted by molar-refractivity contribution is 0.616. The van der Waals surface area contributed by atoms with Crippen molar-refractivity contribution in [2.24, 2.45) is 5.73 Å². The van der Waals surface area contributed by atoms with Crippen LogP contribution in [0.15, 0.2) is 18.2 Å². The summed E-state index contributed by atoms with van der Waals surface area (Å²) in [6.07, 6.45) is 0. The van der Waals surface area contributed by atoms with Crippen LogP contribution in [0.1, 0.15) is 25.0 Å². The second-order valence-corrected chi connectivity index (χ2v) is 2.29. The van der Waals surface area contributed by atoms with Gasteiger partial charge in [0.05, 0.1) is 0 Å². The molecule has 0 heterocycles. The van der Waals surface area contributed by atoms with Crippen LogP contribution in [-0.4, -0.2) is 0 Å². The van der Waals surface area contributed by atoms with Crippen LogP contribution in [0.2, 0.25) is 0 Å². The first-order valence-corrected chi connectivity index (χ1v) is 4.19. The van der Waals surface area contributed by atoms with Crippen molar-refractivity contribution in [3.8, 4) is 0 Å². The molecule has 2 N–H and O–H groups in total. The van der Waals surface area contributed by atoms with Gasteiger partial charge in [0.2, 0.25) is 0 Å². The molecule has 0 unspecified atom stereocenters. The van der Waals surface area contributed by atoms with Crippen LogP contribution in [0.3, 0.4) is 0 Å². The Balaban J connectivity index is 0.000000561. The van der Waals surface area contributed by atoms with Gasteiger partial charge in [0.15, 0.2) is 0 Å². The van der Waals surface area contributed by atoms with Crippen LogP contribution in [-0.2, 0) is 6.54 Å². The van der Waals surface area contributed by atoms with Gasteiger partial charge in [-0.25, -0.2) is 4.39 Å². The van der Waals surface area contributed by atoms with Crippen molar-refractivity contribution in [3.63, 3.8) is 0 Å². The fraction of sp³-hybridized carbons (Fsp3) is 0.400. The first-order valence-electron chi connectivity index (χ1n) is 4.19. The van der Waals surface area contributed by atoms with E-state index in [4.69, 9.17) is 5.73 Å². The van der Waals surface area contributed by atoms with E-state index in [-0.39, 0.29) is 5.82 Å². The highest BCUT2D eigenvalue weighted by atomic mass is 19.1. The molecule has 0 spiro atoms. The predicted octanol–water partition coefficient (Wildman–Crippen LogP) is 2.62. The molecule has 0 radical (unpaired) electrons. The zero-order valence-electron chi connectivity index (χ0n) is 7.89. The monoisotopic (exact) mass is 169 g/mol. The summed E-state index contributed by atoms with van der Waals surface area (Å²) < 4.78 is 12.7. The number of halogens is 1. The van der Waals surface area contributed by atoms with Crippen molar-refractivity contribution in [2.75, 3.05) is 0 Å². The Morgan fingerprint density at radius 3 is 2.33 bits per heavy atom. The molecule has 0 fully saturated rings. The van der Waals surface area contributed by atoms with Crippen molar-refractivity contribution < 1.29 is 4.39 Å². The summed E-state index contributed by atoms with van der Waals surface area (Å²) in [5.74, 6) is -0.178. The van der Waals surface area contributed by atoms with E-state index in [1.165, 1.54) is 6.07 Å². The van der Waals surface area contributed by atoms with Crippen molar-refractivity contribution in [2.45, 2.75) is 27.3 Å². The highest BCUT2D eigenvalue weighted by Gasteiger charge is 1.95. The summed E-state index contributed by atoms with van der Waals surface area (Å²) in [5.41, 5.74) is 6.80. The summed E-state index contributed by atoms with van der Waals surface area (Å²) in [4.78, 5) is 0. The molecule has 0 amide bonds. The molecular weight excluding hydrogens is 153 g/mol. The molecule has 1 aromatic carbocycles. The van der Waals surface area contributed by atoms with Gasteiger partial charge in [-0.05, 0) is 24.1 Å². The molecule has 68 valence electrons. The molecule has 0 bridgehead atoms. The largest absolute Gasteiger partial charge is 0.326 e. The Hall–Kier alpha value is -0.890. The number of rotatable bonds is 1. The zero-order chi connectivity index (χ0) is 9.56. The second kappa shape index (κ2) is 5.72. The van der Waals surface area contributed by atoms with Gasteiger partial charge >= 0.3 is 0 Å². The van der Waals surface area contributed by atoms with Gasteiger partial charge in [-0.15, -0.1) is 0 Å². The summed E-state index contributed by atoms with van der Waals surface area (Å²) >= 11 is 0. The topological polar surface area (TPSA) is 26.0 Å². The van der Waals surface area contributed by atoms with E-state index in [0.29, 0.717) is 12.1 Å². The van der Waals surface area contributed by atoms with Crippen LogP contribution in [0.4, 0.5) is 4.39 Å². The molecule has 2 heteroatoms. The average Bonchev–Trinajstić information content (AvgIpc) is 2.13. The van der Waals surface area contributed by atoms with Crippen LogP contribution in [0, 0.1) is 12.7 Å². The van der Waals surface area contributed by atoms with Crippen LogP contribution < -0.4 is 5.73 Å². The third-order valence-corrected chi connectivity index (χ3v) is 1.47. The molecule has 12 heavy (non-hydrogen) atoms. The maximum atomic E-state index is 12.7. The quantitative estimate of drug-likeness (QED) is 0.687. The molecule has 0 saturated heterocycles. The molecule has 0 aliphatic carbocycles. The van der Waals surface area contributed by atoms with Crippen LogP contribution >= 0.6 is 0 Å². The Morgan fingerprint density at radius 2 is 1.92 bits per heavy atom. The average molecular weight is 169 g/mol. The van der Waals surface area contributed by atoms with Gasteiger partial charge in [-0.1, -0.05) is 26.0 Å². The third-order valence-electron chi connectivity index (χ3n) is 1.47. The minimum atomic E-state index is -0.178. The predicted molar refractivity (Wildman–Crippen MR) is 50.4 cm³/mol. The van der Waals surface area contributed by atoms with Gasteiger partial charge in [-0.2, -0.15) is 0 Å². The number of aryl methyl sites for hydroxylation is 1. The Labute approximate surface area is 73.4 Å². The summed E-state index contributed by atoms with van der Waals surface area (Å²) in [5, 5.41) is 0. The van der Waals surface area contributed by atoms with Crippen molar-refractivity contribution in [1.29, 1.82) is 0 Å². The highest BCUT2D eigenvalue weighted by Crippen LogP contribution is 2.07. The van der Waals surface area contributed by atoms with Gasteiger partial charge in [0.1, 0.15) is 5.82 Å². The summed E-state index contributed by atoms with van der Waals surface area (Å²) in [6, 6.07) is 5.03. The summed E-state index contributed by atoms with van der Waals surface area (Å²) in [7, 11) is 0. The van der Waals surface area contributed by atoms with Gasteiger partial charge < -0.3 is 5.73 Å². The smallest absolute Gasteiger partial charge is 0.126 e. The lowest BCUT2D eigenvalue weighted by atomic mass is 10.1. The van der Waals surface area contributed by atoms with E-state index in [1.54, 1.807) is 13.0 Å². The zero-order valence-corrected chi connectivity index (χ0v) is 7.89. The van der Waals surface area contributed by atoms with Gasteiger partial charge in [0.25, 0.3) is 0 Å². The van der Waals surface area contributed by atoms with E-state index >= 15 is 0 Å². The summed E-state index contributed by atoms with van der Waals surface area (Å²) in [6.45, 7) is 6.13. The highest BCUT2D eigenvalue weighted by molar-refractivity contribution is 5.22. The van der Waals surface area contributed by atoms with Crippen LogP contribution in [0.5, 0.6) is 0 Å². The fourth-order valence-corrected chi connectivity index (χ4v) is 0.763. The van der Waals surface area contributed by atoms with Crippen LogP contribution in [0.25, 0.3) is 0 Å². The molecule has 0 atom stereocenters. The fourth-order valence-electron chi connectivity index (χ4n) is 0.763. The number of benzene rings is 1. The van der Waals surface area contributed by atoms with Crippen molar-refractivity contribution in [3.05, 3.63) is 35.1 Å². The molecule has 1 nitrogen and oxygen atoms in total. The molecule has 1 rings (SSSR count). The Kier molecular flexibility index (Phi) is 5.30. The second-order valence-electron chi connectivity index (χ2n) is 2.29. The van der Waals surface area contributed by atoms with E-state index < -0.39 is 0 Å². The molecule has 1 aromatic rings. The first-order chi connectivity index (χ1) is 5.74. The molecule has 0 aliphatic rings. The van der Waals surface area contributed by atoms with E-state index in [0.717, 1.165) is 5.56 Å². The number of hydrogen-bond donors (Lipinski definition) is 1. The molecular formula is C10H16FN. The minimum absolute atomic E-state index is 0.178. The maximum absolute atomic E-state index is 12.7. The van der Waals surface area contributed by atoms with Crippen molar-refractivity contribution in [1.82, 2.24) is 0 Å². The SMILES string of the molecule is CC.Cc1ccc(CN)cc1F. The molecule has 0 aliphatic heterocycles. The standard InChI is InChI=1S/C8H10FN.C2H6/c1-6-2-3-7(5-10)4-8(6)9;1-2/h2-4H,5,10H2,1H3;1-2H3. The first kappa shape index (κ1) is 11.1. The maximum Gasteiger partial charge on any atom is 0.126 e. The van der Waals surface area contributed by atoms with Gasteiger partial charge in [0, 0.05) is 6.54 Å². The van der Waals surface area contributed by atoms with E-state index in [9.17, 15) is 4.39 Å². The third kappa shape index (κ3) is 3.01. The number of hydrogen-bond acceptors (Lipinski definition) is 1. The number of nitrogens with two attached hydrogens (primary N) is 1. The minimum Gasteiger partial charge on any atom is -0.326 e.